The highest BCUT2D eigenvalue weighted by atomic mass is 16.8. The lowest BCUT2D eigenvalue weighted by atomic mass is 9.93. The minimum Gasteiger partial charge on any atom is -0.435 e. The van der Waals surface area contributed by atoms with E-state index in [0.29, 0.717) is 31.8 Å². The number of rotatable bonds is 50. The van der Waals surface area contributed by atoms with E-state index < -0.39 is 229 Å². The van der Waals surface area contributed by atoms with Crippen LogP contribution in [0.2, 0.25) is 0 Å². The number of nitrogens with one attached hydrogen (secondary N) is 6. The highest BCUT2D eigenvalue weighted by Gasteiger charge is 2.51. The average Bonchev–Trinajstić information content (AvgIpc) is 0.818. The number of hydrogen-bond donors (Lipinski definition) is 14. The summed E-state index contributed by atoms with van der Waals surface area (Å²) in [6.07, 6.45) is -26.3. The Morgan fingerprint density at radius 1 is 0.377 bits per heavy atom. The Morgan fingerprint density at radius 2 is 0.640 bits per heavy atom. The van der Waals surface area contributed by atoms with E-state index in [1.807, 2.05) is 13.8 Å². The molecule has 114 heavy (non-hydrogen) atoms. The fourth-order valence-corrected chi connectivity index (χ4v) is 12.1. The van der Waals surface area contributed by atoms with Crippen molar-refractivity contribution in [3.8, 4) is 0 Å². The van der Waals surface area contributed by atoms with Crippen LogP contribution in [-0.4, -0.2) is 388 Å². The van der Waals surface area contributed by atoms with Crippen molar-refractivity contribution in [1.82, 2.24) is 31.9 Å². The molecule has 16 unspecified atom stereocenters. The van der Waals surface area contributed by atoms with Crippen LogP contribution >= 0.6 is 0 Å². The molecule has 4 aliphatic heterocycles. The number of carbonyl (C=O) groups is 11. The van der Waals surface area contributed by atoms with Crippen molar-refractivity contribution in [2.45, 2.75) is 292 Å². The quantitative estimate of drug-likeness (QED) is 0.0153. The van der Waals surface area contributed by atoms with Crippen molar-refractivity contribution in [2.75, 3.05) is 82.1 Å². The molecule has 0 bridgehead atoms. The molecule has 4 fully saturated rings. The number of amides is 4. The molecule has 14 N–H and O–H groups in total. The van der Waals surface area contributed by atoms with Gasteiger partial charge in [-0.2, -0.15) is 0 Å². The third-order valence-corrected chi connectivity index (χ3v) is 17.7. The first-order chi connectivity index (χ1) is 54.3. The zero-order valence-electron chi connectivity index (χ0n) is 67.1. The van der Waals surface area contributed by atoms with Gasteiger partial charge in [-0.3, -0.25) is 43.2 Å². The molecule has 4 saturated heterocycles. The molecule has 662 valence electrons. The largest absolute Gasteiger partial charge is 0.435 e. The summed E-state index contributed by atoms with van der Waals surface area (Å²) < 4.78 is 107. The minimum absolute atomic E-state index is 0.00464. The number of methoxy groups -OCH3 is 4. The first-order valence-corrected chi connectivity index (χ1v) is 36.5. The monoisotopic (exact) mass is 1660 g/mol. The molecule has 4 amide bonds. The van der Waals surface area contributed by atoms with E-state index in [-0.39, 0.29) is 63.0 Å². The average molecular weight is 1660 g/mol. The molecule has 0 radical (unpaired) electrons. The van der Waals surface area contributed by atoms with Crippen LogP contribution in [0.15, 0.2) is 0 Å². The maximum atomic E-state index is 11.6. The van der Waals surface area contributed by atoms with E-state index in [2.05, 4.69) is 36.6 Å². The van der Waals surface area contributed by atoms with Crippen molar-refractivity contribution in [3.05, 3.63) is 0 Å². The van der Waals surface area contributed by atoms with Crippen LogP contribution in [0.5, 0.6) is 0 Å². The van der Waals surface area contributed by atoms with Crippen molar-refractivity contribution in [1.29, 1.82) is 0 Å². The summed E-state index contributed by atoms with van der Waals surface area (Å²) in [6.45, 7) is 16.4. The van der Waals surface area contributed by atoms with Gasteiger partial charge in [0.2, 0.25) is 55.1 Å². The van der Waals surface area contributed by atoms with Crippen molar-refractivity contribution in [3.63, 3.8) is 0 Å². The van der Waals surface area contributed by atoms with Gasteiger partial charge < -0.3 is 177 Å². The lowest BCUT2D eigenvalue weighted by Gasteiger charge is -2.44. The van der Waals surface area contributed by atoms with Crippen LogP contribution in [0.1, 0.15) is 95.4 Å². The summed E-state index contributed by atoms with van der Waals surface area (Å²) in [6, 6.07) is -3.01. The van der Waals surface area contributed by atoms with E-state index in [4.69, 9.17) is 90.0 Å². The molecular weight excluding hydrogens is 1540 g/mol. The summed E-state index contributed by atoms with van der Waals surface area (Å²) in [4.78, 5) is 123. The molecule has 4 heterocycles. The summed E-state index contributed by atoms with van der Waals surface area (Å²) in [5.41, 5.74) is 0. The fourth-order valence-electron chi connectivity index (χ4n) is 12.1. The Morgan fingerprint density at radius 3 is 0.868 bits per heavy atom. The molecule has 0 aromatic heterocycles. The Labute approximate surface area is 660 Å². The van der Waals surface area contributed by atoms with Crippen LogP contribution in [-0.2, 0) is 147 Å². The number of likely N-dealkylation sites (N-methyl/N-ethyl adjacent to an activating group) is 2. The molecule has 45 heteroatoms. The molecule has 45 nitrogen and oxygen atoms in total. The van der Waals surface area contributed by atoms with E-state index in [1.54, 1.807) is 48.7 Å². The van der Waals surface area contributed by atoms with Gasteiger partial charge in [-0.05, 0) is 61.1 Å². The normalized spacial score (nSPS) is 30.4. The van der Waals surface area contributed by atoms with Crippen LogP contribution < -0.4 is 31.9 Å². The zero-order valence-corrected chi connectivity index (χ0v) is 67.1. The number of aliphatic hydroxyl groups excluding tert-OH is 8. The highest BCUT2D eigenvalue weighted by Crippen LogP contribution is 2.31. The minimum atomic E-state index is -1.71. The van der Waals surface area contributed by atoms with Gasteiger partial charge in [0.1, 0.15) is 85.5 Å². The Bertz CT molecular complexity index is 2720. The predicted molar refractivity (Wildman–Crippen MR) is 383 cm³/mol. The van der Waals surface area contributed by atoms with E-state index in [0.717, 1.165) is 7.11 Å². The topological polar surface area (TPSA) is 606 Å². The zero-order chi connectivity index (χ0) is 86.5. The summed E-state index contributed by atoms with van der Waals surface area (Å²) >= 11 is 0. The number of hydrogen-bond acceptors (Lipinski definition) is 41. The van der Waals surface area contributed by atoms with Crippen molar-refractivity contribution in [2.24, 2.45) is 0 Å². The lowest BCUT2D eigenvalue weighted by Crippen LogP contribution is -2.65. The van der Waals surface area contributed by atoms with E-state index >= 15 is 0 Å². The van der Waals surface area contributed by atoms with Gasteiger partial charge in [0.15, 0.2) is 49.9 Å². The highest BCUT2D eigenvalue weighted by molar-refractivity contribution is 5.74. The van der Waals surface area contributed by atoms with Gasteiger partial charge in [0, 0.05) is 69.2 Å². The number of aldehydes is 3. The Hall–Kier alpha value is -6.27. The summed E-state index contributed by atoms with van der Waals surface area (Å²) in [5, 5.41) is 96.4. The number of ether oxygens (including phenoxy) is 20. The molecule has 0 aromatic carbocycles. The lowest BCUT2D eigenvalue weighted by molar-refractivity contribution is -0.300. The summed E-state index contributed by atoms with van der Waals surface area (Å²) in [7, 11) is 8.61. The second-order valence-corrected chi connectivity index (χ2v) is 25.8. The number of aliphatic hydroxyl groups is 8. The second-order valence-electron chi connectivity index (χ2n) is 25.8. The third-order valence-electron chi connectivity index (χ3n) is 17.7. The Balaban J connectivity index is 0.000000760. The van der Waals surface area contributed by atoms with E-state index in [1.165, 1.54) is 49.0 Å². The smallest absolute Gasteiger partial charge is 0.295 e. The molecule has 0 aromatic rings. The van der Waals surface area contributed by atoms with E-state index in [9.17, 15) is 93.6 Å². The van der Waals surface area contributed by atoms with Crippen LogP contribution in [0.3, 0.4) is 0 Å². The van der Waals surface area contributed by atoms with Gasteiger partial charge in [0.05, 0.1) is 75.0 Å². The second kappa shape index (κ2) is 57.8. The predicted octanol–water partition coefficient (Wildman–Crippen LogP) is -7.24. The molecule has 4 rings (SSSR count). The fraction of sp³-hybridized carbons (Fsp3) is 0.841. The molecular formula is C69H122N6O39. The SMILES string of the molecule is CCC(OC)C(OC=O)O[C@H](CC)OC1[C@H](O)C(CO)O[C@@H](C)[C@H]1NC(C)=O.CCC(OC)C(OC=O)O[C@H](CNC)OC1[C@H](O)C(CO)O[C@@H](C)[C@H]1NC(C)=O.CNC[C@@H](OC(OC=O)C(C=O)OC)OC1[C@H](O)C(CO)O[C@@H](C)[C@H]1NC(C)=O.COC(C=O)C(OC=O)O[C@H](C=O)OC1[C@H](O)C(CO)O[C@@H](C)[C@H]1NC(C)=O. The van der Waals surface area contributed by atoms with Crippen molar-refractivity contribution < 1.29 is 188 Å². The molecule has 32 atom stereocenters. The standard InChI is InChI=1S/C18H34N2O9.C18H33NO9.C17H30N2O10.C16H25NO11/c1-6-12(25-5)18(26-9-22)29-14(7-19-4)28-17-15(20-11(3)23)10(2)27-13(8-21)16(17)24;1-6-12(24-5)18(25-9-21)28-14(7-2)27-17-15(19-11(4)22)10(3)26-13(8-20)16(17)23;1-9-14(19-10(2)23)16(15(24)11(6-20)27-9)28-13(5-18-3)29-17(26-8-22)12(7-21)25-4;1-8-13(17-9(2)22)15(14(23)10(4-18)26-8)27-12(6-20)28-16(25-7-21)11(5-19)24-3/h9-10,12-19,21,24H,6-8H2,1-5H3,(H,20,23);9-10,12-18,20,23H,6-8H2,1-5H3,(H,19,22);7-9,11-18,20,24H,5-6H2,1-4H3,(H,19,23);5-8,10-16,18,23H,4H2,1-3H3,(H,17,22)/t2*10-,12?,13?,14+,15+,16+,17?,18?;9-,11?,12?,13+,14+,15+,16?,17?;8-,10?,11?,12+,13+,14+,15?,16?/m0000/s1. The van der Waals surface area contributed by atoms with Crippen LogP contribution in [0, 0.1) is 0 Å². The molecule has 0 aliphatic carbocycles. The molecule has 4 aliphatic rings. The van der Waals surface area contributed by atoms with Gasteiger partial charge >= 0.3 is 0 Å². The Kier molecular flexibility index (Phi) is 53.6. The maximum Gasteiger partial charge on any atom is 0.295 e. The van der Waals surface area contributed by atoms with Gasteiger partial charge in [0.25, 0.3) is 25.9 Å². The molecule has 0 saturated carbocycles. The first kappa shape index (κ1) is 106. The van der Waals surface area contributed by atoms with Crippen LogP contribution in [0.25, 0.3) is 0 Å². The van der Waals surface area contributed by atoms with Crippen molar-refractivity contribution >= 4 is 68.4 Å². The van der Waals surface area contributed by atoms with Gasteiger partial charge in [-0.15, -0.1) is 0 Å². The first-order valence-electron chi connectivity index (χ1n) is 36.5. The van der Waals surface area contributed by atoms with Gasteiger partial charge in [-0.25, -0.2) is 0 Å². The van der Waals surface area contributed by atoms with Crippen LogP contribution in [0.4, 0.5) is 0 Å². The third kappa shape index (κ3) is 34.4. The number of carbonyl (C=O) groups excluding carboxylic acids is 11. The van der Waals surface area contributed by atoms with Gasteiger partial charge in [-0.1, -0.05) is 20.8 Å². The molecule has 0 spiro atoms. The maximum absolute atomic E-state index is 11.6. The summed E-state index contributed by atoms with van der Waals surface area (Å²) in [5.74, 6) is -1.46.